The minimum Gasteiger partial charge on any atom is -0.465 e. The largest absolute Gasteiger partial charge is 0.465 e. The minimum absolute atomic E-state index is 0.0301. The summed E-state index contributed by atoms with van der Waals surface area (Å²) >= 11 is 0. The van der Waals surface area contributed by atoms with E-state index in [1.165, 1.54) is 12.8 Å². The Balaban J connectivity index is 0.000000366. The molecule has 0 amide bonds. The van der Waals surface area contributed by atoms with Crippen molar-refractivity contribution in [2.45, 2.75) is 77.6 Å². The minimum atomic E-state index is 0.0301. The molecule has 3 N–H and O–H groups in total. The highest BCUT2D eigenvalue weighted by molar-refractivity contribution is 5.37. The van der Waals surface area contributed by atoms with Crippen molar-refractivity contribution < 1.29 is 9.53 Å². The third kappa shape index (κ3) is 8.16. The van der Waals surface area contributed by atoms with Crippen molar-refractivity contribution in [1.82, 2.24) is 5.32 Å². The fourth-order valence-corrected chi connectivity index (χ4v) is 1.98. The summed E-state index contributed by atoms with van der Waals surface area (Å²) in [6.45, 7) is 8.50. The lowest BCUT2D eigenvalue weighted by atomic mass is 9.92. The van der Waals surface area contributed by atoms with Gasteiger partial charge in [-0.25, -0.2) is 0 Å². The van der Waals surface area contributed by atoms with Gasteiger partial charge < -0.3 is 15.8 Å². The van der Waals surface area contributed by atoms with Crippen molar-refractivity contribution >= 4 is 6.47 Å². The van der Waals surface area contributed by atoms with Crippen LogP contribution < -0.4 is 11.1 Å². The fraction of sp³-hybridized carbons (Fsp3) is 0.923. The van der Waals surface area contributed by atoms with Gasteiger partial charge in [-0.15, -0.1) is 0 Å². The van der Waals surface area contributed by atoms with Gasteiger partial charge in [-0.3, -0.25) is 4.79 Å². The number of nitrogens with two attached hydrogens (primary N) is 1. The molecule has 0 aromatic carbocycles. The monoisotopic (exact) mass is 244 g/mol. The Kier molecular flexibility index (Phi) is 9.09. The molecule has 1 aliphatic rings. The van der Waals surface area contributed by atoms with Crippen LogP contribution in [0.15, 0.2) is 0 Å². The van der Waals surface area contributed by atoms with E-state index in [1.807, 2.05) is 0 Å². The summed E-state index contributed by atoms with van der Waals surface area (Å²) in [6.07, 6.45) is 4.77. The van der Waals surface area contributed by atoms with E-state index in [1.54, 1.807) is 13.8 Å². The second kappa shape index (κ2) is 9.42. The number of ether oxygens (including phenoxy) is 1. The zero-order valence-corrected chi connectivity index (χ0v) is 11.6. The summed E-state index contributed by atoms with van der Waals surface area (Å²) in [5.41, 5.74) is 5.93. The normalized spacial score (nSPS) is 28.2. The Bertz CT molecular complexity index is 186. The average Bonchev–Trinajstić information content (AvgIpc) is 2.28. The summed E-state index contributed by atoms with van der Waals surface area (Å²) < 4.78 is 4.36. The van der Waals surface area contributed by atoms with E-state index in [4.69, 9.17) is 5.73 Å². The number of rotatable bonds is 4. The summed E-state index contributed by atoms with van der Waals surface area (Å²) in [7, 11) is 0. The van der Waals surface area contributed by atoms with Crippen molar-refractivity contribution in [3.63, 3.8) is 0 Å². The second-order valence-electron chi connectivity index (χ2n) is 4.89. The topological polar surface area (TPSA) is 64.3 Å². The Morgan fingerprint density at radius 1 is 1.29 bits per heavy atom. The van der Waals surface area contributed by atoms with E-state index >= 15 is 0 Å². The number of carbonyl (C=O) groups excluding carboxylic acids is 1. The molecular formula is C13H28N2O2. The first-order valence-corrected chi connectivity index (χ1v) is 6.64. The molecule has 0 aromatic heterocycles. The molecule has 17 heavy (non-hydrogen) atoms. The van der Waals surface area contributed by atoms with Gasteiger partial charge in [0.2, 0.25) is 0 Å². The molecule has 2 unspecified atom stereocenters. The summed E-state index contributed by atoms with van der Waals surface area (Å²) in [5.74, 6) is 0. The molecule has 4 heteroatoms. The third-order valence-electron chi connectivity index (χ3n) is 2.96. The molecule has 0 saturated carbocycles. The van der Waals surface area contributed by atoms with Crippen LogP contribution in [-0.2, 0) is 9.53 Å². The van der Waals surface area contributed by atoms with E-state index in [2.05, 4.69) is 23.9 Å². The van der Waals surface area contributed by atoms with Crippen molar-refractivity contribution in [1.29, 1.82) is 0 Å². The Morgan fingerprint density at radius 2 is 1.76 bits per heavy atom. The van der Waals surface area contributed by atoms with Crippen LogP contribution in [0.1, 0.15) is 53.4 Å². The molecule has 4 nitrogen and oxygen atoms in total. The number of nitrogens with one attached hydrogen (secondary N) is 1. The zero-order valence-electron chi connectivity index (χ0n) is 11.6. The van der Waals surface area contributed by atoms with Crippen molar-refractivity contribution in [2.24, 2.45) is 5.73 Å². The molecule has 1 aliphatic heterocycles. The van der Waals surface area contributed by atoms with Gasteiger partial charge in [0.1, 0.15) is 0 Å². The van der Waals surface area contributed by atoms with Crippen LogP contribution in [0.4, 0.5) is 0 Å². The van der Waals surface area contributed by atoms with Gasteiger partial charge in [-0.1, -0.05) is 13.8 Å². The first-order chi connectivity index (χ1) is 8.03. The van der Waals surface area contributed by atoms with Crippen LogP contribution in [0.3, 0.4) is 0 Å². The first-order valence-electron chi connectivity index (χ1n) is 6.64. The molecule has 0 bridgehead atoms. The van der Waals surface area contributed by atoms with Crippen molar-refractivity contribution in [3.8, 4) is 0 Å². The van der Waals surface area contributed by atoms with E-state index in [-0.39, 0.29) is 6.10 Å². The van der Waals surface area contributed by atoms with Gasteiger partial charge in [0.05, 0.1) is 6.10 Å². The van der Waals surface area contributed by atoms with Gasteiger partial charge in [0, 0.05) is 18.1 Å². The third-order valence-corrected chi connectivity index (χ3v) is 2.96. The molecule has 102 valence electrons. The maximum absolute atomic E-state index is 9.39. The summed E-state index contributed by atoms with van der Waals surface area (Å²) in [6, 6.07) is 1.78. The molecule has 1 fully saturated rings. The van der Waals surface area contributed by atoms with Crippen LogP contribution in [0, 0.1) is 0 Å². The lowest BCUT2D eigenvalue weighted by Crippen LogP contribution is -2.49. The molecule has 2 atom stereocenters. The lowest BCUT2D eigenvalue weighted by molar-refractivity contribution is -0.131. The van der Waals surface area contributed by atoms with Crippen molar-refractivity contribution in [3.05, 3.63) is 0 Å². The summed E-state index contributed by atoms with van der Waals surface area (Å²) in [5, 5.41) is 3.60. The van der Waals surface area contributed by atoms with E-state index in [9.17, 15) is 4.79 Å². The maximum Gasteiger partial charge on any atom is 0.293 e. The fourth-order valence-electron chi connectivity index (χ4n) is 1.98. The van der Waals surface area contributed by atoms with Crippen LogP contribution in [0.5, 0.6) is 0 Å². The summed E-state index contributed by atoms with van der Waals surface area (Å²) in [4.78, 5) is 9.39. The van der Waals surface area contributed by atoms with Crippen LogP contribution in [0.25, 0.3) is 0 Å². The molecule has 0 spiro atoms. The van der Waals surface area contributed by atoms with E-state index in [0.717, 1.165) is 12.8 Å². The molecule has 0 radical (unpaired) electrons. The standard InChI is InChI=1S/C9H20N2.C4H8O2/c1-3-8-5-7(10)6-9(4-2)11-8;1-4(2)6-3-5/h7-9,11H,3-6,10H2,1-2H3;3-4H,1-2H3. The molecule has 0 aromatic rings. The number of hydrogen-bond donors (Lipinski definition) is 2. The molecule has 0 aliphatic carbocycles. The highest BCUT2D eigenvalue weighted by atomic mass is 16.5. The predicted molar refractivity (Wildman–Crippen MR) is 70.8 cm³/mol. The molecular weight excluding hydrogens is 216 g/mol. The Morgan fingerprint density at radius 3 is 2.00 bits per heavy atom. The highest BCUT2D eigenvalue weighted by Crippen LogP contribution is 2.15. The highest BCUT2D eigenvalue weighted by Gasteiger charge is 2.23. The van der Waals surface area contributed by atoms with Crippen LogP contribution in [-0.4, -0.2) is 30.7 Å². The second-order valence-corrected chi connectivity index (χ2v) is 4.89. The first kappa shape index (κ1) is 16.4. The van der Waals surface area contributed by atoms with Crippen LogP contribution in [0.2, 0.25) is 0 Å². The zero-order chi connectivity index (χ0) is 13.3. The lowest BCUT2D eigenvalue weighted by Gasteiger charge is -2.33. The van der Waals surface area contributed by atoms with Crippen molar-refractivity contribution in [2.75, 3.05) is 0 Å². The molecule has 1 heterocycles. The van der Waals surface area contributed by atoms with Gasteiger partial charge in [-0.05, 0) is 39.5 Å². The number of carbonyl (C=O) groups is 1. The smallest absolute Gasteiger partial charge is 0.293 e. The van der Waals surface area contributed by atoms with E-state index in [0.29, 0.717) is 24.6 Å². The van der Waals surface area contributed by atoms with Gasteiger partial charge >= 0.3 is 0 Å². The maximum atomic E-state index is 9.39. The van der Waals surface area contributed by atoms with Gasteiger partial charge in [0.25, 0.3) is 6.47 Å². The Labute approximate surface area is 105 Å². The predicted octanol–water partition coefficient (Wildman–Crippen LogP) is 1.82. The number of hydrogen-bond acceptors (Lipinski definition) is 4. The van der Waals surface area contributed by atoms with Gasteiger partial charge in [-0.2, -0.15) is 0 Å². The number of piperidine rings is 1. The molecule has 1 rings (SSSR count). The average molecular weight is 244 g/mol. The van der Waals surface area contributed by atoms with Gasteiger partial charge in [0.15, 0.2) is 0 Å². The Hall–Kier alpha value is -0.610. The quantitative estimate of drug-likeness (QED) is 0.740. The molecule has 1 saturated heterocycles. The van der Waals surface area contributed by atoms with E-state index < -0.39 is 0 Å². The van der Waals surface area contributed by atoms with Crippen LogP contribution >= 0.6 is 0 Å². The SMILES string of the molecule is CC(C)OC=O.CCC1CC(N)CC(CC)N1.